The number of ketones is 1. The molecule has 0 radical (unpaired) electrons. The molecule has 134 valence electrons. The standard InChI is InChI=1S/C19H17ClN2O3S/c1-3-22(19-21-16-10-14(20)6-9-17(16)26-19)18(24)11-25-15-7-4-13(5-8-15)12(2)23/h4-10H,3,11H2,1-2H3. The summed E-state index contributed by atoms with van der Waals surface area (Å²) in [7, 11) is 0. The number of hydrogen-bond acceptors (Lipinski definition) is 5. The number of thiazole rings is 1. The number of anilines is 1. The summed E-state index contributed by atoms with van der Waals surface area (Å²) in [5.74, 6) is 0.338. The molecule has 1 aromatic heterocycles. The van der Waals surface area contributed by atoms with Gasteiger partial charge < -0.3 is 4.74 Å². The summed E-state index contributed by atoms with van der Waals surface area (Å²) >= 11 is 7.43. The van der Waals surface area contributed by atoms with E-state index in [2.05, 4.69) is 4.98 Å². The van der Waals surface area contributed by atoms with E-state index in [0.717, 1.165) is 10.2 Å². The third kappa shape index (κ3) is 4.03. The second kappa shape index (κ2) is 7.85. The van der Waals surface area contributed by atoms with Gasteiger partial charge in [0.25, 0.3) is 5.91 Å². The van der Waals surface area contributed by atoms with E-state index in [-0.39, 0.29) is 18.3 Å². The number of aromatic nitrogens is 1. The van der Waals surface area contributed by atoms with Crippen LogP contribution < -0.4 is 9.64 Å². The summed E-state index contributed by atoms with van der Waals surface area (Å²) in [6, 6.07) is 12.2. The van der Waals surface area contributed by atoms with Crippen LogP contribution in [0, 0.1) is 0 Å². The van der Waals surface area contributed by atoms with Crippen LogP contribution in [0.4, 0.5) is 5.13 Å². The molecule has 3 aromatic rings. The molecule has 5 nitrogen and oxygen atoms in total. The summed E-state index contributed by atoms with van der Waals surface area (Å²) in [5.41, 5.74) is 1.37. The summed E-state index contributed by atoms with van der Waals surface area (Å²) in [5, 5.41) is 1.23. The summed E-state index contributed by atoms with van der Waals surface area (Å²) < 4.78 is 6.52. The highest BCUT2D eigenvalue weighted by atomic mass is 35.5. The first kappa shape index (κ1) is 18.4. The molecule has 0 aliphatic carbocycles. The van der Waals surface area contributed by atoms with E-state index in [0.29, 0.717) is 28.0 Å². The van der Waals surface area contributed by atoms with Crippen molar-refractivity contribution in [1.82, 2.24) is 4.98 Å². The lowest BCUT2D eigenvalue weighted by molar-refractivity contribution is -0.120. The lowest BCUT2D eigenvalue weighted by atomic mass is 10.1. The molecule has 0 spiro atoms. The van der Waals surface area contributed by atoms with Gasteiger partial charge in [0.05, 0.1) is 10.2 Å². The molecule has 2 aromatic carbocycles. The lowest BCUT2D eigenvalue weighted by Crippen LogP contribution is -2.34. The first-order valence-electron chi connectivity index (χ1n) is 8.08. The van der Waals surface area contributed by atoms with E-state index in [1.807, 2.05) is 13.0 Å². The number of carbonyl (C=O) groups excluding carboxylic acids is 2. The number of likely N-dealkylation sites (N-methyl/N-ethyl adjacent to an activating group) is 1. The number of Topliss-reactive ketones (excluding diaryl/α,β-unsaturated/α-hetero) is 1. The van der Waals surface area contributed by atoms with Crippen molar-refractivity contribution < 1.29 is 14.3 Å². The fraction of sp³-hybridized carbons (Fsp3) is 0.211. The number of amides is 1. The van der Waals surface area contributed by atoms with Gasteiger partial charge in [-0.25, -0.2) is 4.98 Å². The minimum atomic E-state index is -0.187. The van der Waals surface area contributed by atoms with Crippen LogP contribution in [-0.4, -0.2) is 29.8 Å². The Labute approximate surface area is 160 Å². The smallest absolute Gasteiger partial charge is 0.266 e. The van der Waals surface area contributed by atoms with Crippen LogP contribution in [-0.2, 0) is 4.79 Å². The molecule has 0 bridgehead atoms. The molecule has 26 heavy (non-hydrogen) atoms. The average Bonchev–Trinajstić information content (AvgIpc) is 3.03. The average molecular weight is 389 g/mol. The third-order valence-corrected chi connectivity index (χ3v) is 5.10. The summed E-state index contributed by atoms with van der Waals surface area (Å²) in [6.45, 7) is 3.77. The second-order valence-electron chi connectivity index (χ2n) is 5.62. The number of rotatable bonds is 6. The largest absolute Gasteiger partial charge is 0.484 e. The third-order valence-electron chi connectivity index (χ3n) is 3.81. The zero-order valence-electron chi connectivity index (χ0n) is 14.4. The molecule has 0 unspecified atom stereocenters. The summed E-state index contributed by atoms with van der Waals surface area (Å²) in [6.07, 6.45) is 0. The maximum absolute atomic E-state index is 12.6. The van der Waals surface area contributed by atoms with Gasteiger partial charge >= 0.3 is 0 Å². The van der Waals surface area contributed by atoms with E-state index in [4.69, 9.17) is 16.3 Å². The molecule has 0 aliphatic rings. The Morgan fingerprint density at radius 2 is 1.92 bits per heavy atom. The van der Waals surface area contributed by atoms with Gasteiger partial charge in [0.2, 0.25) is 0 Å². The fourth-order valence-electron chi connectivity index (χ4n) is 2.43. The first-order chi connectivity index (χ1) is 12.5. The normalized spacial score (nSPS) is 10.7. The van der Waals surface area contributed by atoms with Gasteiger partial charge in [0, 0.05) is 17.1 Å². The Kier molecular flexibility index (Phi) is 5.54. The number of hydrogen-bond donors (Lipinski definition) is 0. The topological polar surface area (TPSA) is 59.5 Å². The highest BCUT2D eigenvalue weighted by Gasteiger charge is 2.18. The molecule has 3 rings (SSSR count). The zero-order valence-corrected chi connectivity index (χ0v) is 15.9. The number of nitrogens with zero attached hydrogens (tertiary/aromatic N) is 2. The van der Waals surface area contributed by atoms with E-state index in [1.165, 1.54) is 18.3 Å². The minimum Gasteiger partial charge on any atom is -0.484 e. The van der Waals surface area contributed by atoms with Gasteiger partial charge in [-0.15, -0.1) is 0 Å². The highest BCUT2D eigenvalue weighted by Crippen LogP contribution is 2.30. The van der Waals surface area contributed by atoms with Crippen LogP contribution in [0.1, 0.15) is 24.2 Å². The number of halogens is 1. The molecule has 0 fully saturated rings. The molecule has 0 N–H and O–H groups in total. The molecule has 7 heteroatoms. The maximum Gasteiger partial charge on any atom is 0.266 e. The number of benzene rings is 2. The van der Waals surface area contributed by atoms with Crippen molar-refractivity contribution in [1.29, 1.82) is 0 Å². The van der Waals surface area contributed by atoms with Gasteiger partial charge in [-0.2, -0.15) is 0 Å². The predicted molar refractivity (Wildman–Crippen MR) is 105 cm³/mol. The van der Waals surface area contributed by atoms with Crippen LogP contribution >= 0.6 is 22.9 Å². The SMILES string of the molecule is CCN(C(=O)COc1ccc(C(C)=O)cc1)c1nc2cc(Cl)ccc2s1. The molecular formula is C19H17ClN2O3S. The minimum absolute atomic E-state index is 0.0132. The predicted octanol–water partition coefficient (Wildman–Crippen LogP) is 4.58. The molecule has 0 saturated heterocycles. The van der Waals surface area contributed by atoms with Gasteiger partial charge in [-0.1, -0.05) is 22.9 Å². The quantitative estimate of drug-likeness (QED) is 0.580. The van der Waals surface area contributed by atoms with E-state index in [9.17, 15) is 9.59 Å². The van der Waals surface area contributed by atoms with Crippen molar-refractivity contribution >= 4 is 50.0 Å². The Hall–Kier alpha value is -2.44. The van der Waals surface area contributed by atoms with Crippen molar-refractivity contribution in [3.8, 4) is 5.75 Å². The van der Waals surface area contributed by atoms with E-state index >= 15 is 0 Å². The molecule has 0 aliphatic heterocycles. The Morgan fingerprint density at radius 3 is 2.58 bits per heavy atom. The fourth-order valence-corrected chi connectivity index (χ4v) is 3.62. The van der Waals surface area contributed by atoms with Crippen LogP contribution in [0.15, 0.2) is 42.5 Å². The summed E-state index contributed by atoms with van der Waals surface area (Å²) in [4.78, 5) is 29.9. The van der Waals surface area contributed by atoms with Gasteiger partial charge in [-0.05, 0) is 56.3 Å². The molecule has 1 heterocycles. The maximum atomic E-state index is 12.6. The van der Waals surface area contributed by atoms with Crippen molar-refractivity contribution in [3.05, 3.63) is 53.1 Å². The van der Waals surface area contributed by atoms with Crippen molar-refractivity contribution in [2.75, 3.05) is 18.1 Å². The van der Waals surface area contributed by atoms with Crippen LogP contribution in [0.5, 0.6) is 5.75 Å². The molecule has 0 saturated carbocycles. The molecular weight excluding hydrogens is 372 g/mol. The number of fused-ring (bicyclic) bond motifs is 1. The van der Waals surface area contributed by atoms with Gasteiger partial charge in [-0.3, -0.25) is 14.5 Å². The van der Waals surface area contributed by atoms with Crippen LogP contribution in [0.2, 0.25) is 5.02 Å². The highest BCUT2D eigenvalue weighted by molar-refractivity contribution is 7.22. The van der Waals surface area contributed by atoms with Gasteiger partial charge in [0.1, 0.15) is 5.75 Å². The number of ether oxygens (including phenoxy) is 1. The monoisotopic (exact) mass is 388 g/mol. The lowest BCUT2D eigenvalue weighted by Gasteiger charge is -2.17. The zero-order chi connectivity index (χ0) is 18.7. The Balaban J connectivity index is 1.70. The van der Waals surface area contributed by atoms with E-state index < -0.39 is 0 Å². The van der Waals surface area contributed by atoms with Crippen LogP contribution in [0.25, 0.3) is 10.2 Å². The van der Waals surface area contributed by atoms with Crippen molar-refractivity contribution in [2.45, 2.75) is 13.8 Å². The first-order valence-corrected chi connectivity index (χ1v) is 9.27. The second-order valence-corrected chi connectivity index (χ2v) is 7.06. The Morgan fingerprint density at radius 1 is 1.19 bits per heavy atom. The van der Waals surface area contributed by atoms with Crippen molar-refractivity contribution in [2.24, 2.45) is 0 Å². The molecule has 1 amide bonds. The Bertz CT molecular complexity index is 953. The van der Waals surface area contributed by atoms with Crippen molar-refractivity contribution in [3.63, 3.8) is 0 Å². The van der Waals surface area contributed by atoms with Crippen LogP contribution in [0.3, 0.4) is 0 Å². The molecule has 0 atom stereocenters. The van der Waals surface area contributed by atoms with E-state index in [1.54, 1.807) is 41.3 Å². The van der Waals surface area contributed by atoms with Gasteiger partial charge in [0.15, 0.2) is 17.5 Å². The number of carbonyl (C=O) groups is 2.